The molecule has 0 spiro atoms. The summed E-state index contributed by atoms with van der Waals surface area (Å²) in [6.45, 7) is 0. The molecule has 0 aliphatic rings. The Morgan fingerprint density at radius 3 is 2.58 bits per heavy atom. The minimum absolute atomic E-state index is 0.0652. The number of nitro groups is 1. The van der Waals surface area contributed by atoms with Gasteiger partial charge in [0.05, 0.1) is 15.5 Å². The van der Waals surface area contributed by atoms with Gasteiger partial charge in [0.1, 0.15) is 0 Å². The summed E-state index contributed by atoms with van der Waals surface area (Å²) in [6.07, 6.45) is 0. The van der Waals surface area contributed by atoms with Crippen molar-refractivity contribution in [2.45, 2.75) is 0 Å². The highest BCUT2D eigenvalue weighted by molar-refractivity contribution is 7.17. The first kappa shape index (κ1) is 16.1. The number of hydrogen-bond acceptors (Lipinski definition) is 7. The van der Waals surface area contributed by atoms with Crippen molar-refractivity contribution in [1.29, 1.82) is 0 Å². The van der Waals surface area contributed by atoms with Crippen LogP contribution >= 0.6 is 22.7 Å². The number of rotatable bonds is 5. The number of nitrogens with zero attached hydrogens (tertiary/aromatic N) is 2. The highest BCUT2D eigenvalue weighted by atomic mass is 32.1. The van der Waals surface area contributed by atoms with E-state index in [0.717, 1.165) is 28.3 Å². The fourth-order valence-electron chi connectivity index (χ4n) is 1.98. The van der Waals surface area contributed by atoms with Crippen LogP contribution in [0, 0.1) is 10.1 Å². The third-order valence-electron chi connectivity index (χ3n) is 3.19. The summed E-state index contributed by atoms with van der Waals surface area (Å²) in [6, 6.07) is 10.5. The van der Waals surface area contributed by atoms with Crippen LogP contribution in [0.2, 0.25) is 0 Å². The van der Waals surface area contributed by atoms with Crippen LogP contribution in [-0.4, -0.2) is 22.9 Å². The van der Waals surface area contributed by atoms with Gasteiger partial charge in [-0.2, -0.15) is 0 Å². The van der Waals surface area contributed by atoms with Crippen LogP contribution in [0.5, 0.6) is 0 Å². The molecule has 7 nitrogen and oxygen atoms in total. The first-order chi connectivity index (χ1) is 11.6. The molecule has 0 bridgehead atoms. The van der Waals surface area contributed by atoms with Gasteiger partial charge < -0.3 is 5.32 Å². The van der Waals surface area contributed by atoms with E-state index in [1.807, 2.05) is 36.7 Å². The SMILES string of the molecule is CNc1ccc(-c2csc(NC(=O)c3ccc([N+](=O)[O-])s3)n2)cc1. The molecule has 0 saturated carbocycles. The van der Waals surface area contributed by atoms with Crippen molar-refractivity contribution in [3.05, 3.63) is 56.8 Å². The van der Waals surface area contributed by atoms with E-state index in [0.29, 0.717) is 5.13 Å². The van der Waals surface area contributed by atoms with E-state index in [4.69, 9.17) is 0 Å². The number of carbonyl (C=O) groups is 1. The summed E-state index contributed by atoms with van der Waals surface area (Å²) in [5.74, 6) is -0.403. The zero-order valence-corrected chi connectivity index (χ0v) is 14.1. The zero-order chi connectivity index (χ0) is 17.1. The Hall–Kier alpha value is -2.78. The number of aromatic nitrogens is 1. The van der Waals surface area contributed by atoms with E-state index < -0.39 is 10.8 Å². The van der Waals surface area contributed by atoms with Crippen LogP contribution in [0.1, 0.15) is 9.67 Å². The van der Waals surface area contributed by atoms with E-state index in [-0.39, 0.29) is 9.88 Å². The third-order valence-corrected chi connectivity index (χ3v) is 4.98. The molecule has 0 saturated heterocycles. The van der Waals surface area contributed by atoms with Gasteiger partial charge in [0.25, 0.3) is 5.91 Å². The molecule has 1 aromatic carbocycles. The van der Waals surface area contributed by atoms with Crippen molar-refractivity contribution in [3.63, 3.8) is 0 Å². The molecule has 2 heterocycles. The van der Waals surface area contributed by atoms with Crippen molar-refractivity contribution in [2.75, 3.05) is 17.7 Å². The van der Waals surface area contributed by atoms with Crippen LogP contribution in [0.25, 0.3) is 11.3 Å². The smallest absolute Gasteiger partial charge is 0.324 e. The summed E-state index contributed by atoms with van der Waals surface area (Å²) >= 11 is 2.14. The van der Waals surface area contributed by atoms with Crippen molar-refractivity contribution in [1.82, 2.24) is 4.98 Å². The molecular formula is C15H12N4O3S2. The maximum atomic E-state index is 12.1. The van der Waals surface area contributed by atoms with Gasteiger partial charge >= 0.3 is 5.00 Å². The monoisotopic (exact) mass is 360 g/mol. The molecule has 24 heavy (non-hydrogen) atoms. The average molecular weight is 360 g/mol. The number of hydrogen-bond donors (Lipinski definition) is 2. The number of anilines is 2. The number of benzene rings is 1. The topological polar surface area (TPSA) is 97.2 Å². The number of amides is 1. The lowest BCUT2D eigenvalue weighted by Gasteiger charge is -2.01. The molecule has 9 heteroatoms. The highest BCUT2D eigenvalue weighted by Gasteiger charge is 2.16. The van der Waals surface area contributed by atoms with Crippen molar-refractivity contribution in [3.8, 4) is 11.3 Å². The standard InChI is InChI=1S/C15H12N4O3S2/c1-16-10-4-2-9(3-5-10)11-8-23-15(17-11)18-14(20)12-6-7-13(24-12)19(21)22/h2-8,16H,1H3,(H,17,18,20). The summed E-state index contributed by atoms with van der Waals surface area (Å²) < 4.78 is 0. The summed E-state index contributed by atoms with van der Waals surface area (Å²) in [7, 11) is 1.85. The fourth-order valence-corrected chi connectivity index (χ4v) is 3.41. The van der Waals surface area contributed by atoms with Gasteiger partial charge in [-0.25, -0.2) is 4.98 Å². The second-order valence-corrected chi connectivity index (χ2v) is 6.63. The Kier molecular flexibility index (Phi) is 4.54. The first-order valence-corrected chi connectivity index (χ1v) is 8.56. The molecule has 0 unspecified atom stereocenters. The molecule has 0 radical (unpaired) electrons. The lowest BCUT2D eigenvalue weighted by Crippen LogP contribution is -2.09. The Balaban J connectivity index is 1.72. The van der Waals surface area contributed by atoms with Crippen molar-refractivity contribution in [2.24, 2.45) is 0 Å². The van der Waals surface area contributed by atoms with Gasteiger partial charge in [-0.1, -0.05) is 23.5 Å². The van der Waals surface area contributed by atoms with E-state index in [1.165, 1.54) is 23.5 Å². The molecule has 0 aliphatic carbocycles. The zero-order valence-electron chi connectivity index (χ0n) is 12.5. The van der Waals surface area contributed by atoms with Gasteiger partial charge in [-0.05, 0) is 18.2 Å². The Morgan fingerprint density at radius 1 is 1.21 bits per heavy atom. The summed E-state index contributed by atoms with van der Waals surface area (Å²) in [4.78, 5) is 26.9. The van der Waals surface area contributed by atoms with E-state index >= 15 is 0 Å². The number of thiazole rings is 1. The predicted octanol–water partition coefficient (Wildman–Crippen LogP) is 4.07. The number of thiophene rings is 1. The quantitative estimate of drug-likeness (QED) is 0.528. The van der Waals surface area contributed by atoms with Gasteiger partial charge in [0.15, 0.2) is 5.13 Å². The minimum atomic E-state index is -0.516. The molecule has 2 N–H and O–H groups in total. The molecule has 3 aromatic rings. The average Bonchev–Trinajstić information content (AvgIpc) is 3.24. The Labute approximate surface area is 145 Å². The van der Waals surface area contributed by atoms with Gasteiger partial charge in [-0.3, -0.25) is 20.2 Å². The lowest BCUT2D eigenvalue weighted by atomic mass is 10.1. The van der Waals surface area contributed by atoms with Crippen LogP contribution in [0.4, 0.5) is 15.8 Å². The molecule has 3 rings (SSSR count). The van der Waals surface area contributed by atoms with Gasteiger partial charge in [-0.15, -0.1) is 11.3 Å². The molecule has 0 aliphatic heterocycles. The maximum absolute atomic E-state index is 12.1. The van der Waals surface area contributed by atoms with E-state index in [9.17, 15) is 14.9 Å². The van der Waals surface area contributed by atoms with Gasteiger partial charge in [0, 0.05) is 29.7 Å². The largest absolute Gasteiger partial charge is 0.388 e. The Bertz CT molecular complexity index is 886. The van der Waals surface area contributed by atoms with Crippen LogP contribution < -0.4 is 10.6 Å². The molecule has 1 amide bonds. The van der Waals surface area contributed by atoms with Gasteiger partial charge in [0.2, 0.25) is 0 Å². The molecule has 2 aromatic heterocycles. The molecule has 122 valence electrons. The van der Waals surface area contributed by atoms with Crippen molar-refractivity contribution < 1.29 is 9.72 Å². The highest BCUT2D eigenvalue weighted by Crippen LogP contribution is 2.28. The molecule has 0 fully saturated rings. The Morgan fingerprint density at radius 2 is 1.96 bits per heavy atom. The lowest BCUT2D eigenvalue weighted by molar-refractivity contribution is -0.380. The minimum Gasteiger partial charge on any atom is -0.388 e. The van der Waals surface area contributed by atoms with Crippen molar-refractivity contribution >= 4 is 44.4 Å². The summed E-state index contributed by atoms with van der Waals surface area (Å²) in [5, 5.41) is 18.6. The van der Waals surface area contributed by atoms with Crippen LogP contribution in [-0.2, 0) is 0 Å². The van der Waals surface area contributed by atoms with Crippen LogP contribution in [0.3, 0.4) is 0 Å². The maximum Gasteiger partial charge on any atom is 0.324 e. The van der Waals surface area contributed by atoms with E-state index in [2.05, 4.69) is 15.6 Å². The molecule has 0 atom stereocenters. The third kappa shape index (κ3) is 3.42. The predicted molar refractivity (Wildman–Crippen MR) is 96.0 cm³/mol. The second-order valence-electron chi connectivity index (χ2n) is 4.71. The number of carbonyl (C=O) groups excluding carboxylic acids is 1. The normalized spacial score (nSPS) is 10.4. The first-order valence-electron chi connectivity index (χ1n) is 6.86. The second kappa shape index (κ2) is 6.77. The van der Waals surface area contributed by atoms with E-state index in [1.54, 1.807) is 0 Å². The summed E-state index contributed by atoms with van der Waals surface area (Å²) in [5.41, 5.74) is 2.70. The molecular weight excluding hydrogens is 348 g/mol. The fraction of sp³-hybridized carbons (Fsp3) is 0.0667. The number of nitrogens with one attached hydrogen (secondary N) is 2. The van der Waals surface area contributed by atoms with Crippen LogP contribution in [0.15, 0.2) is 41.8 Å².